The van der Waals surface area contributed by atoms with Gasteiger partial charge in [0.15, 0.2) is 0 Å². The van der Waals surface area contributed by atoms with Gasteiger partial charge in [0.25, 0.3) is 0 Å². The second kappa shape index (κ2) is 9.07. The number of hydrogen-bond donors (Lipinski definition) is 1. The summed E-state index contributed by atoms with van der Waals surface area (Å²) in [5.41, 5.74) is 0.715. The topological polar surface area (TPSA) is 12.0 Å². The van der Waals surface area contributed by atoms with Gasteiger partial charge in [-0.05, 0) is 56.5 Å². The lowest BCUT2D eigenvalue weighted by atomic mass is 9.68. The minimum Gasteiger partial charge on any atom is -0.317 e. The van der Waals surface area contributed by atoms with Crippen LogP contribution in [0.25, 0.3) is 0 Å². The molecule has 0 aromatic rings. The van der Waals surface area contributed by atoms with Crippen molar-refractivity contribution >= 4 is 0 Å². The summed E-state index contributed by atoms with van der Waals surface area (Å²) in [5.74, 6) is 1.07. The molecule has 1 N–H and O–H groups in total. The van der Waals surface area contributed by atoms with Gasteiger partial charge in [0.05, 0.1) is 0 Å². The molecule has 1 heteroatoms. The Morgan fingerprint density at radius 3 is 2.15 bits per heavy atom. The van der Waals surface area contributed by atoms with Gasteiger partial charge in [-0.3, -0.25) is 0 Å². The van der Waals surface area contributed by atoms with E-state index in [9.17, 15) is 0 Å². The highest BCUT2D eigenvalue weighted by molar-refractivity contribution is 4.84. The van der Waals surface area contributed by atoms with Crippen LogP contribution in [0.15, 0.2) is 0 Å². The smallest absolute Gasteiger partial charge is 0.00437 e. The van der Waals surface area contributed by atoms with Crippen molar-refractivity contribution in [2.75, 3.05) is 13.1 Å². The van der Waals surface area contributed by atoms with Gasteiger partial charge in [-0.15, -0.1) is 0 Å². The quantitative estimate of drug-likeness (QED) is 0.466. The summed E-state index contributed by atoms with van der Waals surface area (Å²) in [6.07, 6.45) is 21.1. The van der Waals surface area contributed by atoms with Crippen molar-refractivity contribution in [2.45, 2.75) is 96.8 Å². The molecular weight excluding hydrogens is 242 g/mol. The van der Waals surface area contributed by atoms with Crippen molar-refractivity contribution in [3.8, 4) is 0 Å². The molecule has 2 aliphatic carbocycles. The predicted octanol–water partition coefficient (Wildman–Crippen LogP) is 5.69. The van der Waals surface area contributed by atoms with Gasteiger partial charge in [-0.2, -0.15) is 0 Å². The van der Waals surface area contributed by atoms with E-state index < -0.39 is 0 Å². The van der Waals surface area contributed by atoms with E-state index in [1.165, 1.54) is 96.4 Å². The molecule has 0 aromatic heterocycles. The Morgan fingerprint density at radius 1 is 0.850 bits per heavy atom. The Morgan fingerprint density at radius 2 is 1.50 bits per heavy atom. The molecule has 0 unspecified atom stereocenters. The summed E-state index contributed by atoms with van der Waals surface area (Å²) >= 11 is 0. The van der Waals surface area contributed by atoms with Gasteiger partial charge in [-0.25, -0.2) is 0 Å². The Hall–Kier alpha value is -0.0400. The summed E-state index contributed by atoms with van der Waals surface area (Å²) in [7, 11) is 0. The van der Waals surface area contributed by atoms with E-state index >= 15 is 0 Å². The third kappa shape index (κ3) is 5.39. The fourth-order valence-electron chi connectivity index (χ4n) is 4.62. The highest BCUT2D eigenvalue weighted by atomic mass is 14.8. The lowest BCUT2D eigenvalue weighted by Crippen LogP contribution is -2.30. The van der Waals surface area contributed by atoms with E-state index in [4.69, 9.17) is 0 Å². The van der Waals surface area contributed by atoms with Gasteiger partial charge in [0.1, 0.15) is 0 Å². The summed E-state index contributed by atoms with van der Waals surface area (Å²) in [6.45, 7) is 4.62. The number of nitrogens with one attached hydrogen (secondary N) is 1. The van der Waals surface area contributed by atoms with Gasteiger partial charge >= 0.3 is 0 Å². The Kier molecular flexibility index (Phi) is 7.41. The van der Waals surface area contributed by atoms with Gasteiger partial charge in [0.2, 0.25) is 0 Å². The maximum atomic E-state index is 3.57. The standard InChI is InChI=1S/C19H37N/c1-2-20-17-16-19(13-8-5-9-14-19)15-12-18-10-6-3-4-7-11-18/h18,20H,2-17H2,1H3. The van der Waals surface area contributed by atoms with Crippen molar-refractivity contribution in [3.05, 3.63) is 0 Å². The minimum absolute atomic E-state index is 0.715. The summed E-state index contributed by atoms with van der Waals surface area (Å²) in [4.78, 5) is 0. The van der Waals surface area contributed by atoms with Crippen LogP contribution in [0.2, 0.25) is 0 Å². The van der Waals surface area contributed by atoms with E-state index in [1.807, 2.05) is 0 Å². The number of rotatable bonds is 7. The summed E-state index contributed by atoms with van der Waals surface area (Å²) in [5, 5.41) is 3.57. The first kappa shape index (κ1) is 16.3. The molecule has 0 heterocycles. The third-order valence-corrected chi connectivity index (χ3v) is 6.05. The van der Waals surface area contributed by atoms with Crippen LogP contribution in [0.1, 0.15) is 96.8 Å². The fraction of sp³-hybridized carbons (Fsp3) is 1.00. The Bertz CT molecular complexity index is 234. The van der Waals surface area contributed by atoms with Crippen molar-refractivity contribution in [1.29, 1.82) is 0 Å². The first-order chi connectivity index (χ1) is 9.85. The van der Waals surface area contributed by atoms with Crippen molar-refractivity contribution in [3.63, 3.8) is 0 Å². The molecule has 0 amide bonds. The molecule has 118 valence electrons. The van der Waals surface area contributed by atoms with E-state index in [0.717, 1.165) is 12.5 Å². The molecule has 2 saturated carbocycles. The van der Waals surface area contributed by atoms with Gasteiger partial charge in [0, 0.05) is 0 Å². The van der Waals surface area contributed by atoms with Gasteiger partial charge < -0.3 is 5.32 Å². The first-order valence-corrected chi connectivity index (χ1v) is 9.55. The second-order valence-corrected chi connectivity index (χ2v) is 7.56. The van der Waals surface area contributed by atoms with Crippen LogP contribution in [0.4, 0.5) is 0 Å². The van der Waals surface area contributed by atoms with Crippen molar-refractivity contribution < 1.29 is 0 Å². The second-order valence-electron chi connectivity index (χ2n) is 7.56. The molecule has 0 radical (unpaired) electrons. The first-order valence-electron chi connectivity index (χ1n) is 9.55. The highest BCUT2D eigenvalue weighted by Crippen LogP contribution is 2.44. The van der Waals surface area contributed by atoms with Crippen LogP contribution < -0.4 is 5.32 Å². The zero-order valence-electron chi connectivity index (χ0n) is 13.9. The molecule has 2 rings (SSSR count). The zero-order valence-corrected chi connectivity index (χ0v) is 13.9. The fourth-order valence-corrected chi connectivity index (χ4v) is 4.62. The molecular formula is C19H37N. The number of hydrogen-bond acceptors (Lipinski definition) is 1. The van der Waals surface area contributed by atoms with Crippen LogP contribution >= 0.6 is 0 Å². The largest absolute Gasteiger partial charge is 0.317 e. The SMILES string of the molecule is CCNCCC1(CCC2CCCCCC2)CCCCC1. The predicted molar refractivity (Wildman–Crippen MR) is 89.1 cm³/mol. The summed E-state index contributed by atoms with van der Waals surface area (Å²) in [6, 6.07) is 0. The normalized spacial score (nSPS) is 24.4. The van der Waals surface area contributed by atoms with Crippen LogP contribution in [0.3, 0.4) is 0 Å². The molecule has 0 bridgehead atoms. The van der Waals surface area contributed by atoms with Crippen LogP contribution in [0.5, 0.6) is 0 Å². The molecule has 0 saturated heterocycles. The Labute approximate surface area is 127 Å². The molecule has 0 atom stereocenters. The van der Waals surface area contributed by atoms with Crippen LogP contribution in [-0.4, -0.2) is 13.1 Å². The molecule has 0 spiro atoms. The third-order valence-electron chi connectivity index (χ3n) is 6.05. The monoisotopic (exact) mass is 279 g/mol. The highest BCUT2D eigenvalue weighted by Gasteiger charge is 2.31. The maximum Gasteiger partial charge on any atom is -0.00437 e. The van der Waals surface area contributed by atoms with E-state index in [0.29, 0.717) is 5.41 Å². The molecule has 2 aliphatic rings. The summed E-state index contributed by atoms with van der Waals surface area (Å²) < 4.78 is 0. The van der Waals surface area contributed by atoms with Crippen LogP contribution in [-0.2, 0) is 0 Å². The molecule has 2 fully saturated rings. The zero-order chi connectivity index (χ0) is 14.1. The molecule has 0 aliphatic heterocycles. The van der Waals surface area contributed by atoms with Crippen LogP contribution in [0, 0.1) is 11.3 Å². The molecule has 0 aromatic carbocycles. The average molecular weight is 280 g/mol. The van der Waals surface area contributed by atoms with E-state index in [1.54, 1.807) is 0 Å². The van der Waals surface area contributed by atoms with Crippen molar-refractivity contribution in [2.24, 2.45) is 11.3 Å². The average Bonchev–Trinajstić information content (AvgIpc) is 2.75. The van der Waals surface area contributed by atoms with Gasteiger partial charge in [-0.1, -0.05) is 64.7 Å². The minimum atomic E-state index is 0.715. The van der Waals surface area contributed by atoms with E-state index in [2.05, 4.69) is 12.2 Å². The lowest BCUT2D eigenvalue weighted by molar-refractivity contribution is 0.141. The van der Waals surface area contributed by atoms with Crippen molar-refractivity contribution in [1.82, 2.24) is 5.32 Å². The molecule has 1 nitrogen and oxygen atoms in total. The Balaban J connectivity index is 1.79. The molecule has 20 heavy (non-hydrogen) atoms. The lowest BCUT2D eigenvalue weighted by Gasteiger charge is -2.39. The van der Waals surface area contributed by atoms with E-state index in [-0.39, 0.29) is 0 Å². The maximum absolute atomic E-state index is 3.57.